The molecule has 4 atom stereocenters. The van der Waals surface area contributed by atoms with Gasteiger partial charge in [-0.25, -0.2) is 0 Å². The Morgan fingerprint density at radius 3 is 2.73 bits per heavy atom. The summed E-state index contributed by atoms with van der Waals surface area (Å²) in [5, 5.41) is 0. The Morgan fingerprint density at radius 1 is 1.38 bits per heavy atom. The van der Waals surface area contributed by atoms with Crippen molar-refractivity contribution in [2.75, 3.05) is 13.4 Å². The summed E-state index contributed by atoms with van der Waals surface area (Å²) in [6, 6.07) is 1.44. The van der Waals surface area contributed by atoms with Crippen LogP contribution in [0.15, 0.2) is 17.1 Å². The van der Waals surface area contributed by atoms with Gasteiger partial charge in [-0.15, -0.1) is 0 Å². The quantitative estimate of drug-likeness (QED) is 0.295. The summed E-state index contributed by atoms with van der Waals surface area (Å²) in [4.78, 5) is 14.1. The van der Waals surface area contributed by atoms with Crippen LogP contribution >= 0.6 is 12.2 Å². The summed E-state index contributed by atoms with van der Waals surface area (Å²) in [7, 11) is -0.548. The van der Waals surface area contributed by atoms with E-state index in [1.54, 1.807) is 10.8 Å². The lowest BCUT2D eigenvalue weighted by Gasteiger charge is -2.24. The van der Waals surface area contributed by atoms with Crippen LogP contribution in [-0.4, -0.2) is 51.0 Å². The predicted octanol–water partition coefficient (Wildman–Crippen LogP) is 2.14. The van der Waals surface area contributed by atoms with E-state index in [1.165, 1.54) is 6.07 Å². The Kier molecular flexibility index (Phi) is 8.18. The molecule has 1 fully saturated rings. The molecule has 1 aliphatic rings. The monoisotopic (exact) mass is 402 g/mol. The molecule has 1 aromatic rings. The second-order valence-corrected chi connectivity index (χ2v) is 10.1. The van der Waals surface area contributed by atoms with E-state index >= 15 is 0 Å². The van der Waals surface area contributed by atoms with Crippen molar-refractivity contribution in [1.82, 2.24) is 9.55 Å². The first kappa shape index (κ1) is 21.5. The highest BCUT2D eigenvalue weighted by Gasteiger charge is 2.44. The van der Waals surface area contributed by atoms with Crippen LogP contribution in [0.1, 0.15) is 40.8 Å². The molecule has 0 aromatic carbocycles. The molecule has 9 heteroatoms. The van der Waals surface area contributed by atoms with Crippen molar-refractivity contribution >= 4 is 22.0 Å². The average Bonchev–Trinajstić information content (AvgIpc) is 2.83. The number of rotatable bonds is 9. The minimum Gasteiger partial charge on any atom is -0.402 e. The molecule has 0 aliphatic carbocycles. The van der Waals surface area contributed by atoms with Crippen LogP contribution in [-0.2, 0) is 18.6 Å². The van der Waals surface area contributed by atoms with E-state index < -0.39 is 9.76 Å². The number of nitrogens with zero attached hydrogens (tertiary/aromatic N) is 1. The van der Waals surface area contributed by atoms with E-state index in [4.69, 9.17) is 30.9 Å². The standard InChI is InChI=1S/C17H30N2O5SSi/c1-10(2)23-15-12(5)16(19-7-6-14(20)18-17(19)25)24-13(15)8-21-9-22-26-11(3)4/h6-7,10-13,15-16H,8-9,26H2,1-5H3,(H,18,20,25)/t12?,13-,15-,16-/m1/s1. The lowest BCUT2D eigenvalue weighted by molar-refractivity contribution is -0.105. The fourth-order valence-corrected chi connectivity index (χ4v) is 3.95. The molecule has 2 rings (SSSR count). The Bertz CT molecular complexity index is 678. The molecule has 148 valence electrons. The lowest BCUT2D eigenvalue weighted by atomic mass is 10.0. The SMILES string of the molecule is CC(C)O[C@@H]1C(C)[C@H](n2ccc(=O)[nH]c2=S)O[C@@H]1COCO[SiH2]C(C)C. The third-order valence-electron chi connectivity index (χ3n) is 4.10. The van der Waals surface area contributed by atoms with Crippen molar-refractivity contribution in [2.45, 2.75) is 64.7 Å². The van der Waals surface area contributed by atoms with Gasteiger partial charge in [-0.05, 0) is 31.6 Å². The molecule has 1 saturated heterocycles. The third-order valence-corrected chi connectivity index (χ3v) is 5.49. The molecule has 0 saturated carbocycles. The lowest BCUT2D eigenvalue weighted by Crippen LogP contribution is -2.34. The molecule has 1 aliphatic heterocycles. The van der Waals surface area contributed by atoms with E-state index in [-0.39, 0.29) is 42.8 Å². The van der Waals surface area contributed by atoms with E-state index in [2.05, 4.69) is 25.8 Å². The van der Waals surface area contributed by atoms with Gasteiger partial charge in [0.05, 0.1) is 18.8 Å². The number of ether oxygens (including phenoxy) is 3. The first-order valence-electron chi connectivity index (χ1n) is 9.07. The molecular formula is C17H30N2O5SSi. The summed E-state index contributed by atoms with van der Waals surface area (Å²) in [5.41, 5.74) is 0.378. The largest absolute Gasteiger partial charge is 0.402 e. The highest BCUT2D eigenvalue weighted by atomic mass is 32.1. The third kappa shape index (κ3) is 5.83. The van der Waals surface area contributed by atoms with Crippen LogP contribution in [0.2, 0.25) is 5.54 Å². The van der Waals surface area contributed by atoms with Crippen molar-refractivity contribution in [3.8, 4) is 0 Å². The highest BCUT2D eigenvalue weighted by molar-refractivity contribution is 7.71. The van der Waals surface area contributed by atoms with Gasteiger partial charge in [0.2, 0.25) is 0 Å². The molecular weight excluding hydrogens is 372 g/mol. The maximum absolute atomic E-state index is 11.4. The molecule has 0 radical (unpaired) electrons. The van der Waals surface area contributed by atoms with Gasteiger partial charge in [0, 0.05) is 18.2 Å². The average molecular weight is 403 g/mol. The molecule has 0 spiro atoms. The van der Waals surface area contributed by atoms with Crippen LogP contribution in [0.4, 0.5) is 0 Å². The maximum Gasteiger partial charge on any atom is 0.251 e. The zero-order valence-corrected chi connectivity index (χ0v) is 18.4. The molecule has 2 heterocycles. The Morgan fingerprint density at radius 2 is 2.12 bits per heavy atom. The number of hydrogen-bond acceptors (Lipinski definition) is 6. The van der Waals surface area contributed by atoms with Crippen molar-refractivity contribution in [3.63, 3.8) is 0 Å². The number of hydrogen-bond donors (Lipinski definition) is 1. The summed E-state index contributed by atoms with van der Waals surface area (Å²) in [6.45, 7) is 11.0. The number of aromatic nitrogens is 2. The molecule has 1 N–H and O–H groups in total. The summed E-state index contributed by atoms with van der Waals surface area (Å²) in [5.74, 6) is 0.0505. The normalized spacial score (nSPS) is 26.6. The van der Waals surface area contributed by atoms with Crippen LogP contribution in [0.3, 0.4) is 0 Å². The van der Waals surface area contributed by atoms with E-state index in [9.17, 15) is 4.79 Å². The predicted molar refractivity (Wildman–Crippen MR) is 105 cm³/mol. The second kappa shape index (κ2) is 9.91. The van der Waals surface area contributed by atoms with Crippen molar-refractivity contribution in [2.24, 2.45) is 5.92 Å². The Balaban J connectivity index is 2.06. The molecule has 26 heavy (non-hydrogen) atoms. The molecule has 1 unspecified atom stereocenters. The smallest absolute Gasteiger partial charge is 0.251 e. The van der Waals surface area contributed by atoms with E-state index in [1.807, 2.05) is 13.8 Å². The zero-order valence-electron chi connectivity index (χ0n) is 16.1. The van der Waals surface area contributed by atoms with Crippen LogP contribution in [0.25, 0.3) is 0 Å². The van der Waals surface area contributed by atoms with Gasteiger partial charge in [-0.3, -0.25) is 14.3 Å². The highest BCUT2D eigenvalue weighted by Crippen LogP contribution is 2.37. The van der Waals surface area contributed by atoms with Crippen LogP contribution < -0.4 is 5.56 Å². The maximum atomic E-state index is 11.4. The van der Waals surface area contributed by atoms with Gasteiger partial charge >= 0.3 is 0 Å². The fourth-order valence-electron chi connectivity index (χ4n) is 2.99. The van der Waals surface area contributed by atoms with E-state index in [0.29, 0.717) is 16.9 Å². The first-order valence-corrected chi connectivity index (χ1v) is 10.9. The van der Waals surface area contributed by atoms with Crippen molar-refractivity contribution in [1.29, 1.82) is 0 Å². The van der Waals surface area contributed by atoms with Gasteiger partial charge in [0.1, 0.15) is 19.1 Å². The first-order chi connectivity index (χ1) is 12.3. The number of nitrogens with one attached hydrogen (secondary N) is 1. The Hall–Kier alpha value is -0.843. The van der Waals surface area contributed by atoms with Gasteiger partial charge in [-0.2, -0.15) is 0 Å². The molecule has 0 amide bonds. The summed E-state index contributed by atoms with van der Waals surface area (Å²) in [6.07, 6.45) is 1.06. The number of H-pyrrole nitrogens is 1. The van der Waals surface area contributed by atoms with Gasteiger partial charge in [0.25, 0.3) is 5.56 Å². The van der Waals surface area contributed by atoms with E-state index in [0.717, 1.165) is 0 Å². The topological polar surface area (TPSA) is 74.7 Å². The minimum atomic E-state index is -0.548. The minimum absolute atomic E-state index is 0.0505. The second-order valence-electron chi connectivity index (χ2n) is 7.34. The van der Waals surface area contributed by atoms with Crippen LogP contribution in [0, 0.1) is 10.7 Å². The Labute approximate surface area is 161 Å². The van der Waals surface area contributed by atoms with Gasteiger partial charge < -0.3 is 18.6 Å². The molecule has 7 nitrogen and oxygen atoms in total. The summed E-state index contributed by atoms with van der Waals surface area (Å²) >= 11 is 5.28. The van der Waals surface area contributed by atoms with Crippen molar-refractivity contribution < 1.29 is 18.6 Å². The van der Waals surface area contributed by atoms with Crippen LogP contribution in [0.5, 0.6) is 0 Å². The van der Waals surface area contributed by atoms with Crippen molar-refractivity contribution in [3.05, 3.63) is 27.4 Å². The fraction of sp³-hybridized carbons (Fsp3) is 0.765. The molecule has 0 bridgehead atoms. The zero-order chi connectivity index (χ0) is 19.3. The van der Waals surface area contributed by atoms with Gasteiger partial charge in [0.15, 0.2) is 14.5 Å². The van der Waals surface area contributed by atoms with Gasteiger partial charge in [-0.1, -0.05) is 20.8 Å². The molecule has 1 aromatic heterocycles. The number of aromatic amines is 1. The summed E-state index contributed by atoms with van der Waals surface area (Å²) < 4.78 is 25.7.